The lowest BCUT2D eigenvalue weighted by molar-refractivity contribution is 0.0696. The number of benzene rings is 1. The highest BCUT2D eigenvalue weighted by Gasteiger charge is 2.10. The van der Waals surface area contributed by atoms with Crippen molar-refractivity contribution in [3.8, 4) is 0 Å². The van der Waals surface area contributed by atoms with Gasteiger partial charge in [0.25, 0.3) is 0 Å². The molecule has 4 nitrogen and oxygen atoms in total. The number of carbonyl (C=O) groups is 1. The van der Waals surface area contributed by atoms with Gasteiger partial charge >= 0.3 is 5.97 Å². The summed E-state index contributed by atoms with van der Waals surface area (Å²) in [6.45, 7) is 2.16. The largest absolute Gasteiger partial charge is 0.478 e. The van der Waals surface area contributed by atoms with Crippen LogP contribution in [0.2, 0.25) is 0 Å². The summed E-state index contributed by atoms with van der Waals surface area (Å²) in [4.78, 5) is 15.1. The lowest BCUT2D eigenvalue weighted by Crippen LogP contribution is -2.20. The lowest BCUT2D eigenvalue weighted by atomic mass is 10.1. The maximum absolute atomic E-state index is 13.6. The number of hydrogen-bond acceptors (Lipinski definition) is 3. The van der Waals surface area contributed by atoms with Gasteiger partial charge in [-0.15, -0.1) is 0 Å². The number of hydrogen-bond donors (Lipinski definition) is 2. The predicted molar refractivity (Wildman–Crippen MR) is 72.9 cm³/mol. The molecular weight excluding hydrogens is 259 g/mol. The van der Waals surface area contributed by atoms with Crippen LogP contribution in [0.3, 0.4) is 0 Å². The number of nitrogens with one attached hydrogen (secondary N) is 1. The normalized spacial score (nSPS) is 12.1. The van der Waals surface area contributed by atoms with E-state index in [0.29, 0.717) is 5.56 Å². The SMILES string of the molecule is C[C@@H](NCc1cc(C(=O)O)ccc1F)c1ccccn1. The first kappa shape index (κ1) is 14.1. The summed E-state index contributed by atoms with van der Waals surface area (Å²) in [5, 5.41) is 12.0. The van der Waals surface area contributed by atoms with Gasteiger partial charge in [0.2, 0.25) is 0 Å². The van der Waals surface area contributed by atoms with Crippen LogP contribution in [0.4, 0.5) is 4.39 Å². The first-order valence-corrected chi connectivity index (χ1v) is 6.24. The first-order chi connectivity index (χ1) is 9.58. The fraction of sp³-hybridized carbons (Fsp3) is 0.200. The highest BCUT2D eigenvalue weighted by Crippen LogP contribution is 2.13. The maximum Gasteiger partial charge on any atom is 0.335 e. The van der Waals surface area contributed by atoms with Crippen LogP contribution in [0.1, 0.15) is 34.6 Å². The second kappa shape index (κ2) is 6.25. The van der Waals surface area contributed by atoms with Crippen molar-refractivity contribution in [2.24, 2.45) is 0 Å². The number of carboxylic acid groups (broad SMARTS) is 1. The molecule has 0 aliphatic rings. The van der Waals surface area contributed by atoms with Crippen LogP contribution < -0.4 is 5.32 Å². The minimum atomic E-state index is -1.07. The van der Waals surface area contributed by atoms with Crippen molar-refractivity contribution in [1.82, 2.24) is 10.3 Å². The van der Waals surface area contributed by atoms with E-state index < -0.39 is 11.8 Å². The maximum atomic E-state index is 13.6. The molecule has 0 fully saturated rings. The van der Waals surface area contributed by atoms with E-state index in [1.807, 2.05) is 25.1 Å². The molecule has 0 radical (unpaired) electrons. The predicted octanol–water partition coefficient (Wildman–Crippen LogP) is 2.77. The van der Waals surface area contributed by atoms with Crippen molar-refractivity contribution < 1.29 is 14.3 Å². The minimum absolute atomic E-state index is 0.0518. The van der Waals surface area contributed by atoms with Gasteiger partial charge in [-0.1, -0.05) is 6.07 Å². The molecule has 0 saturated carbocycles. The fourth-order valence-corrected chi connectivity index (χ4v) is 1.84. The van der Waals surface area contributed by atoms with Crippen molar-refractivity contribution in [3.63, 3.8) is 0 Å². The fourth-order valence-electron chi connectivity index (χ4n) is 1.84. The van der Waals surface area contributed by atoms with Crippen LogP contribution in [-0.2, 0) is 6.54 Å². The first-order valence-electron chi connectivity index (χ1n) is 6.24. The zero-order chi connectivity index (χ0) is 14.5. The van der Waals surface area contributed by atoms with Crippen LogP contribution in [0.5, 0.6) is 0 Å². The van der Waals surface area contributed by atoms with Crippen LogP contribution in [0, 0.1) is 5.82 Å². The molecule has 0 spiro atoms. The van der Waals surface area contributed by atoms with Crippen molar-refractivity contribution in [2.75, 3.05) is 0 Å². The zero-order valence-electron chi connectivity index (χ0n) is 11.0. The molecule has 2 rings (SSSR count). The van der Waals surface area contributed by atoms with Crippen LogP contribution in [0.25, 0.3) is 0 Å². The Morgan fingerprint density at radius 3 is 2.85 bits per heavy atom. The Morgan fingerprint density at radius 1 is 1.40 bits per heavy atom. The van der Waals surface area contributed by atoms with E-state index >= 15 is 0 Å². The number of halogens is 1. The Kier molecular flexibility index (Phi) is 4.42. The quantitative estimate of drug-likeness (QED) is 0.880. The molecule has 1 heterocycles. The molecular formula is C15H15FN2O2. The summed E-state index contributed by atoms with van der Waals surface area (Å²) < 4.78 is 13.6. The molecule has 1 aromatic carbocycles. The molecule has 104 valence electrons. The third-order valence-electron chi connectivity index (χ3n) is 3.02. The van der Waals surface area contributed by atoms with E-state index in [4.69, 9.17) is 5.11 Å². The molecule has 1 aromatic heterocycles. The average Bonchev–Trinajstić information content (AvgIpc) is 2.46. The van der Waals surface area contributed by atoms with Gasteiger partial charge in [-0.05, 0) is 37.3 Å². The van der Waals surface area contributed by atoms with E-state index in [9.17, 15) is 9.18 Å². The highest BCUT2D eigenvalue weighted by molar-refractivity contribution is 5.87. The topological polar surface area (TPSA) is 62.2 Å². The standard InChI is InChI=1S/C15H15FN2O2/c1-10(14-4-2-3-7-17-14)18-9-12-8-11(15(19)20)5-6-13(12)16/h2-8,10,18H,9H2,1H3,(H,19,20)/t10-/m1/s1. The van der Waals surface area contributed by atoms with Gasteiger partial charge < -0.3 is 10.4 Å². The molecule has 0 bridgehead atoms. The second-order valence-corrected chi connectivity index (χ2v) is 4.47. The number of aromatic nitrogens is 1. The number of rotatable bonds is 5. The van der Waals surface area contributed by atoms with E-state index in [0.717, 1.165) is 5.69 Å². The summed E-state index contributed by atoms with van der Waals surface area (Å²) in [7, 11) is 0. The number of nitrogens with zero attached hydrogens (tertiary/aromatic N) is 1. The summed E-state index contributed by atoms with van der Waals surface area (Å²) in [5.41, 5.74) is 1.25. The molecule has 2 N–H and O–H groups in total. The molecule has 20 heavy (non-hydrogen) atoms. The summed E-state index contributed by atoms with van der Waals surface area (Å²) in [5.74, 6) is -1.49. The van der Waals surface area contributed by atoms with Crippen LogP contribution in [-0.4, -0.2) is 16.1 Å². The van der Waals surface area contributed by atoms with Crippen molar-refractivity contribution >= 4 is 5.97 Å². The molecule has 0 saturated heterocycles. The lowest BCUT2D eigenvalue weighted by Gasteiger charge is -2.13. The van der Waals surface area contributed by atoms with E-state index in [1.54, 1.807) is 6.20 Å². The van der Waals surface area contributed by atoms with Crippen molar-refractivity contribution in [3.05, 3.63) is 65.2 Å². The monoisotopic (exact) mass is 274 g/mol. The van der Waals surface area contributed by atoms with Gasteiger partial charge in [-0.2, -0.15) is 0 Å². The average molecular weight is 274 g/mol. The number of pyridine rings is 1. The van der Waals surface area contributed by atoms with E-state index in [1.165, 1.54) is 18.2 Å². The Morgan fingerprint density at radius 2 is 2.20 bits per heavy atom. The third kappa shape index (κ3) is 3.39. The van der Waals surface area contributed by atoms with Gasteiger partial charge in [-0.3, -0.25) is 4.98 Å². The van der Waals surface area contributed by atoms with Gasteiger partial charge in [-0.25, -0.2) is 9.18 Å². The molecule has 0 amide bonds. The Hall–Kier alpha value is -2.27. The van der Waals surface area contributed by atoms with E-state index in [2.05, 4.69) is 10.3 Å². The van der Waals surface area contributed by atoms with Gasteiger partial charge in [0.05, 0.1) is 11.3 Å². The van der Waals surface area contributed by atoms with Gasteiger partial charge in [0.15, 0.2) is 0 Å². The summed E-state index contributed by atoms with van der Waals surface area (Å²) >= 11 is 0. The molecule has 2 aromatic rings. The molecule has 5 heteroatoms. The van der Waals surface area contributed by atoms with Crippen molar-refractivity contribution in [2.45, 2.75) is 19.5 Å². The molecule has 0 aliphatic heterocycles. The van der Waals surface area contributed by atoms with Crippen LogP contribution in [0.15, 0.2) is 42.6 Å². The molecule has 0 aliphatic carbocycles. The Labute approximate surface area is 116 Å². The molecule has 1 atom stereocenters. The second-order valence-electron chi connectivity index (χ2n) is 4.47. The number of aromatic carboxylic acids is 1. The van der Waals surface area contributed by atoms with Crippen LogP contribution >= 0.6 is 0 Å². The smallest absolute Gasteiger partial charge is 0.335 e. The minimum Gasteiger partial charge on any atom is -0.478 e. The van der Waals surface area contributed by atoms with Crippen molar-refractivity contribution in [1.29, 1.82) is 0 Å². The van der Waals surface area contributed by atoms with Gasteiger partial charge in [0, 0.05) is 24.3 Å². The molecule has 0 unspecified atom stereocenters. The highest BCUT2D eigenvalue weighted by atomic mass is 19.1. The Bertz CT molecular complexity index is 602. The van der Waals surface area contributed by atoms with E-state index in [-0.39, 0.29) is 18.2 Å². The summed E-state index contributed by atoms with van der Waals surface area (Å²) in [6, 6.07) is 9.30. The van der Waals surface area contributed by atoms with Gasteiger partial charge in [0.1, 0.15) is 5.82 Å². The third-order valence-corrected chi connectivity index (χ3v) is 3.02. The zero-order valence-corrected chi connectivity index (χ0v) is 11.0. The summed E-state index contributed by atoms with van der Waals surface area (Å²) in [6.07, 6.45) is 1.69. The Balaban J connectivity index is 2.07. The number of carboxylic acids is 1.